The number of aliphatic hydroxyl groups is 1. The molecule has 58 heavy (non-hydrogen) atoms. The number of ketones is 1. The summed E-state index contributed by atoms with van der Waals surface area (Å²) >= 11 is 6.59. The molecule has 19 heteroatoms. The Bertz CT molecular complexity index is 2630. The number of Topliss-reactive ketones (excluding diaryl/α,β-unsaturated/α-hetero) is 1. The van der Waals surface area contributed by atoms with Crippen LogP contribution in [0.4, 0.5) is 35.1 Å². The zero-order valence-corrected chi connectivity index (χ0v) is 32.1. The van der Waals surface area contributed by atoms with Gasteiger partial charge in [-0.1, -0.05) is 23.6 Å². The minimum Gasteiger partial charge on any atom is -0.373 e. The lowest BCUT2D eigenvalue weighted by atomic mass is 9.86. The molecular formula is C39H32ClF8N5O4S. The highest BCUT2D eigenvalue weighted by Crippen LogP contribution is 2.68. The van der Waals surface area contributed by atoms with Gasteiger partial charge in [0.2, 0.25) is 0 Å². The van der Waals surface area contributed by atoms with Crippen LogP contribution in [0.15, 0.2) is 42.5 Å². The first kappa shape index (κ1) is 41.3. The fraction of sp³-hybridized carbons (Fsp3) is 0.385. The van der Waals surface area contributed by atoms with E-state index in [2.05, 4.69) is 27.0 Å². The number of halogens is 9. The van der Waals surface area contributed by atoms with E-state index in [1.54, 1.807) is 6.07 Å². The maximum absolute atomic E-state index is 15.4. The van der Waals surface area contributed by atoms with E-state index in [1.807, 2.05) is 0 Å². The summed E-state index contributed by atoms with van der Waals surface area (Å²) in [6, 6.07) is 8.38. The van der Waals surface area contributed by atoms with Gasteiger partial charge in [-0.3, -0.25) is 14.2 Å². The molecule has 1 fully saturated rings. The zero-order chi connectivity index (χ0) is 42.1. The minimum atomic E-state index is -3.63. The van der Waals surface area contributed by atoms with E-state index < -0.39 is 106 Å². The Kier molecular flexibility index (Phi) is 10.7. The lowest BCUT2D eigenvalue weighted by Gasteiger charge is -2.22. The second-order valence-electron chi connectivity index (χ2n) is 14.7. The van der Waals surface area contributed by atoms with Crippen molar-refractivity contribution in [1.82, 2.24) is 24.5 Å². The number of rotatable bonds is 13. The molecule has 2 aromatic carbocycles. The van der Waals surface area contributed by atoms with Gasteiger partial charge in [-0.05, 0) is 60.6 Å². The maximum atomic E-state index is 15.4. The van der Waals surface area contributed by atoms with Crippen LogP contribution < -0.4 is 0 Å². The van der Waals surface area contributed by atoms with Gasteiger partial charge in [0, 0.05) is 59.7 Å². The summed E-state index contributed by atoms with van der Waals surface area (Å²) in [6.07, 6.45) is -3.13. The van der Waals surface area contributed by atoms with Crippen molar-refractivity contribution in [3.8, 4) is 23.0 Å². The van der Waals surface area contributed by atoms with Gasteiger partial charge in [-0.15, -0.1) is 0 Å². The van der Waals surface area contributed by atoms with Crippen molar-refractivity contribution in [3.63, 3.8) is 0 Å². The molecule has 0 amide bonds. The van der Waals surface area contributed by atoms with Gasteiger partial charge in [0.15, 0.2) is 21.2 Å². The first-order valence-corrected chi connectivity index (χ1v) is 20.1. The highest BCUT2D eigenvalue weighted by atomic mass is 35.5. The van der Waals surface area contributed by atoms with E-state index in [-0.39, 0.29) is 57.0 Å². The number of carbonyl (C=O) groups excluding carboxylic acids is 1. The molecular weight excluding hydrogens is 822 g/mol. The SMILES string of the molecule is Cn1nc(CS(C)(=O)=O)c2c(Cl)ccc(-c3ccc(C#CC(O)(CF)CF)nc3[C@@H](CC(=O)Cn3nc(C(F)F)c4c3C(F)(F)[C@@H]3C[C@H]43)Cc3cc(F)cc(F)c3)c21. The Hall–Kier alpha value is -4.86. The van der Waals surface area contributed by atoms with Crippen LogP contribution in [-0.4, -0.2) is 69.1 Å². The summed E-state index contributed by atoms with van der Waals surface area (Å²) in [5, 5.41) is 18.7. The second kappa shape index (κ2) is 15.1. The second-order valence-corrected chi connectivity index (χ2v) is 17.3. The van der Waals surface area contributed by atoms with E-state index in [4.69, 9.17) is 11.6 Å². The van der Waals surface area contributed by atoms with Crippen molar-refractivity contribution in [2.24, 2.45) is 13.0 Å². The molecule has 0 saturated heterocycles. The number of pyridine rings is 1. The monoisotopic (exact) mass is 853 g/mol. The number of sulfone groups is 1. The smallest absolute Gasteiger partial charge is 0.293 e. The van der Waals surface area contributed by atoms with Crippen LogP contribution in [0.3, 0.4) is 0 Å². The fourth-order valence-electron chi connectivity index (χ4n) is 7.75. The number of aromatic nitrogens is 5. The van der Waals surface area contributed by atoms with Gasteiger partial charge < -0.3 is 5.11 Å². The Labute approximate surface area is 330 Å². The molecule has 0 bridgehead atoms. The molecule has 3 aromatic heterocycles. The molecule has 0 unspecified atom stereocenters. The van der Waals surface area contributed by atoms with Gasteiger partial charge in [0.05, 0.1) is 27.7 Å². The Morgan fingerprint density at radius 3 is 2.36 bits per heavy atom. The topological polar surface area (TPSA) is 120 Å². The van der Waals surface area contributed by atoms with Crippen LogP contribution in [-0.2, 0) is 46.3 Å². The highest BCUT2D eigenvalue weighted by Gasteiger charge is 2.67. The Balaban J connectivity index is 1.40. The van der Waals surface area contributed by atoms with Crippen molar-refractivity contribution in [2.45, 2.75) is 61.3 Å². The molecule has 2 aliphatic carbocycles. The van der Waals surface area contributed by atoms with Gasteiger partial charge in [-0.2, -0.15) is 19.0 Å². The van der Waals surface area contributed by atoms with Crippen LogP contribution in [0.2, 0.25) is 5.02 Å². The van der Waals surface area contributed by atoms with Crippen molar-refractivity contribution >= 4 is 38.1 Å². The number of hydrogen-bond donors (Lipinski definition) is 1. The van der Waals surface area contributed by atoms with E-state index in [9.17, 15) is 44.7 Å². The molecule has 3 atom stereocenters. The van der Waals surface area contributed by atoms with Gasteiger partial charge in [0.1, 0.15) is 48.6 Å². The summed E-state index contributed by atoms with van der Waals surface area (Å²) in [5.74, 6) is -5.48. The molecule has 3 heterocycles. The largest absolute Gasteiger partial charge is 0.373 e. The number of nitrogens with zero attached hydrogens (tertiary/aromatic N) is 5. The highest BCUT2D eigenvalue weighted by molar-refractivity contribution is 7.89. The number of benzene rings is 2. The van der Waals surface area contributed by atoms with Crippen molar-refractivity contribution < 1.29 is 53.4 Å². The lowest BCUT2D eigenvalue weighted by molar-refractivity contribution is -0.120. The third kappa shape index (κ3) is 7.83. The predicted molar refractivity (Wildman–Crippen MR) is 196 cm³/mol. The molecule has 9 nitrogen and oxygen atoms in total. The first-order chi connectivity index (χ1) is 27.2. The number of carbonyl (C=O) groups is 1. The predicted octanol–water partition coefficient (Wildman–Crippen LogP) is 7.46. The summed E-state index contributed by atoms with van der Waals surface area (Å²) in [6.45, 7) is -4.03. The van der Waals surface area contributed by atoms with Gasteiger partial charge in [-0.25, -0.2) is 39.7 Å². The molecule has 2 aliphatic rings. The molecule has 5 aromatic rings. The van der Waals surface area contributed by atoms with Crippen molar-refractivity contribution in [3.05, 3.63) is 98.7 Å². The zero-order valence-electron chi connectivity index (χ0n) is 30.5. The summed E-state index contributed by atoms with van der Waals surface area (Å²) in [7, 11) is -2.11. The average Bonchev–Trinajstić information content (AvgIpc) is 3.68. The van der Waals surface area contributed by atoms with Crippen LogP contribution in [0.25, 0.3) is 22.0 Å². The molecule has 0 radical (unpaired) electrons. The van der Waals surface area contributed by atoms with Crippen molar-refractivity contribution in [2.75, 3.05) is 19.6 Å². The standard InChI is InChI=1S/C39H32ClF8N5O4S/c1-52-35-26(5-6-29(40)32(35)30(50-52)16-58(2,56)57)25-4-3-23(7-8-38(55,17-41)18-42)49-33(25)20(9-19-10-21(43)13-22(44)11-19)12-24(54)15-53-36-31(34(51-53)37(45)46)27-14-28(27)39(36,47)48/h3-6,10-11,13,20,27-28,37,55H,9,12,14-18H2,1-2H3/t20-,27+,28-/m1/s1. The third-order valence-corrected chi connectivity index (χ3v) is 11.4. The molecule has 1 saturated carbocycles. The fourth-order valence-corrected chi connectivity index (χ4v) is 8.71. The van der Waals surface area contributed by atoms with E-state index in [0.717, 1.165) is 18.4 Å². The van der Waals surface area contributed by atoms with E-state index in [1.165, 1.54) is 29.9 Å². The minimum absolute atomic E-state index is 0.00224. The molecule has 0 spiro atoms. The maximum Gasteiger partial charge on any atom is 0.293 e. The van der Waals surface area contributed by atoms with Gasteiger partial charge in [0.25, 0.3) is 12.3 Å². The number of hydrogen-bond acceptors (Lipinski definition) is 7. The molecule has 306 valence electrons. The summed E-state index contributed by atoms with van der Waals surface area (Å²) in [5.41, 5.74) is -3.82. The third-order valence-electron chi connectivity index (χ3n) is 10.2. The first-order valence-electron chi connectivity index (χ1n) is 17.7. The van der Waals surface area contributed by atoms with Crippen molar-refractivity contribution in [1.29, 1.82) is 0 Å². The number of fused-ring (bicyclic) bond motifs is 4. The molecule has 0 aliphatic heterocycles. The Morgan fingerprint density at radius 2 is 1.72 bits per heavy atom. The normalized spacial score (nSPS) is 17.6. The number of aryl methyl sites for hydroxylation is 1. The lowest BCUT2D eigenvalue weighted by Crippen LogP contribution is -2.31. The van der Waals surface area contributed by atoms with Crippen LogP contribution >= 0.6 is 11.6 Å². The molecule has 1 N–H and O–H groups in total. The van der Waals surface area contributed by atoms with Crippen LogP contribution in [0.5, 0.6) is 0 Å². The van der Waals surface area contributed by atoms with E-state index >= 15 is 8.78 Å². The van der Waals surface area contributed by atoms with Gasteiger partial charge >= 0.3 is 0 Å². The average molecular weight is 854 g/mol. The van der Waals surface area contributed by atoms with Crippen LogP contribution in [0, 0.1) is 29.4 Å². The Morgan fingerprint density at radius 1 is 1.05 bits per heavy atom. The number of alkyl halides is 6. The quantitative estimate of drug-likeness (QED) is 0.0965. The summed E-state index contributed by atoms with van der Waals surface area (Å²) in [4.78, 5) is 18.6. The molecule has 7 rings (SSSR count). The van der Waals surface area contributed by atoms with E-state index in [0.29, 0.717) is 21.8 Å². The summed E-state index contributed by atoms with van der Waals surface area (Å²) < 4.78 is 142. The van der Waals surface area contributed by atoms with Crippen LogP contribution in [0.1, 0.15) is 70.7 Å².